The normalized spacial score (nSPS) is 14.5. The van der Waals surface area contributed by atoms with Crippen molar-refractivity contribution in [3.8, 4) is 5.69 Å². The van der Waals surface area contributed by atoms with E-state index in [9.17, 15) is 9.59 Å². The fourth-order valence-corrected chi connectivity index (χ4v) is 5.06. The number of nitrogens with one attached hydrogen (secondary N) is 1. The van der Waals surface area contributed by atoms with E-state index in [1.54, 1.807) is 4.57 Å². The van der Waals surface area contributed by atoms with E-state index >= 15 is 0 Å². The highest BCUT2D eigenvalue weighted by Gasteiger charge is 2.28. The summed E-state index contributed by atoms with van der Waals surface area (Å²) in [6.07, 6.45) is 1.46. The maximum absolute atomic E-state index is 13.3. The van der Waals surface area contributed by atoms with Crippen molar-refractivity contribution >= 4 is 33.4 Å². The molecule has 1 saturated heterocycles. The Hall–Kier alpha value is -3.45. The van der Waals surface area contributed by atoms with Crippen LogP contribution in [-0.4, -0.2) is 28.5 Å². The quantitative estimate of drug-likeness (QED) is 0.485. The van der Waals surface area contributed by atoms with Crippen molar-refractivity contribution in [3.63, 3.8) is 0 Å². The Labute approximate surface area is 196 Å². The SMILES string of the molecule is Cc1ccc(CNC(=O)C2CCN(c3nc4ccsc4c(=O)n3-c3ccccc3)CC2)cc1. The van der Waals surface area contributed by atoms with Gasteiger partial charge in [-0.15, -0.1) is 11.3 Å². The molecule has 0 saturated carbocycles. The smallest absolute Gasteiger partial charge is 0.277 e. The van der Waals surface area contributed by atoms with Crippen molar-refractivity contribution in [2.24, 2.45) is 5.92 Å². The summed E-state index contributed by atoms with van der Waals surface area (Å²) in [5.74, 6) is 0.709. The molecule has 4 aromatic rings. The first-order chi connectivity index (χ1) is 16.1. The standard InChI is InChI=1S/C26H26N4O2S/c1-18-7-9-19(10-8-18)17-27-24(31)20-11-14-29(15-12-20)26-28-22-13-16-33-23(22)25(32)30(26)21-5-3-2-4-6-21/h2-10,13,16,20H,11-12,14-15,17H2,1H3,(H,27,31). The van der Waals surface area contributed by atoms with E-state index in [2.05, 4.69) is 29.3 Å². The third-order valence-corrected chi connectivity index (χ3v) is 7.10. The highest BCUT2D eigenvalue weighted by molar-refractivity contribution is 7.17. The summed E-state index contributed by atoms with van der Waals surface area (Å²) in [4.78, 5) is 33.1. The largest absolute Gasteiger partial charge is 0.352 e. The number of para-hydroxylation sites is 1. The number of fused-ring (bicyclic) bond motifs is 1. The molecule has 6 nitrogen and oxygen atoms in total. The average Bonchev–Trinajstić information content (AvgIpc) is 3.33. The zero-order valence-electron chi connectivity index (χ0n) is 18.5. The van der Waals surface area contributed by atoms with Crippen LogP contribution in [0.5, 0.6) is 0 Å². The van der Waals surface area contributed by atoms with E-state index in [4.69, 9.17) is 4.98 Å². The van der Waals surface area contributed by atoms with Gasteiger partial charge in [0.05, 0.1) is 11.2 Å². The Morgan fingerprint density at radius 2 is 1.79 bits per heavy atom. The Balaban J connectivity index is 1.32. The molecule has 2 aromatic heterocycles. The molecule has 0 spiro atoms. The lowest BCUT2D eigenvalue weighted by molar-refractivity contribution is -0.125. The Kier molecular flexibility index (Phi) is 5.96. The number of hydrogen-bond acceptors (Lipinski definition) is 5. The number of piperidine rings is 1. The summed E-state index contributed by atoms with van der Waals surface area (Å²) in [5, 5.41) is 4.99. The molecule has 2 aromatic carbocycles. The molecule has 3 heterocycles. The highest BCUT2D eigenvalue weighted by atomic mass is 32.1. The number of rotatable bonds is 5. The summed E-state index contributed by atoms with van der Waals surface area (Å²) in [6.45, 7) is 3.96. The number of thiophene rings is 1. The van der Waals surface area contributed by atoms with Crippen molar-refractivity contribution in [3.05, 3.63) is 87.5 Å². The second kappa shape index (κ2) is 9.19. The summed E-state index contributed by atoms with van der Waals surface area (Å²) in [7, 11) is 0. The number of amides is 1. The van der Waals surface area contributed by atoms with Crippen LogP contribution in [-0.2, 0) is 11.3 Å². The average molecular weight is 459 g/mol. The van der Waals surface area contributed by atoms with E-state index in [0.29, 0.717) is 30.3 Å². The van der Waals surface area contributed by atoms with Crippen LogP contribution in [0.15, 0.2) is 70.8 Å². The first-order valence-electron chi connectivity index (χ1n) is 11.2. The minimum absolute atomic E-state index is 0.0338. The van der Waals surface area contributed by atoms with Gasteiger partial charge in [0.1, 0.15) is 4.70 Å². The second-order valence-corrected chi connectivity index (χ2v) is 9.40. The van der Waals surface area contributed by atoms with Crippen LogP contribution in [0.3, 0.4) is 0 Å². The molecule has 0 atom stereocenters. The topological polar surface area (TPSA) is 67.2 Å². The Morgan fingerprint density at radius 1 is 1.06 bits per heavy atom. The van der Waals surface area contributed by atoms with Crippen molar-refractivity contribution in [1.82, 2.24) is 14.9 Å². The Morgan fingerprint density at radius 3 is 2.52 bits per heavy atom. The molecule has 33 heavy (non-hydrogen) atoms. The maximum Gasteiger partial charge on any atom is 0.277 e. The van der Waals surface area contributed by atoms with Crippen LogP contribution >= 0.6 is 11.3 Å². The van der Waals surface area contributed by atoms with Gasteiger partial charge in [-0.3, -0.25) is 9.59 Å². The monoisotopic (exact) mass is 458 g/mol. The van der Waals surface area contributed by atoms with Gasteiger partial charge in [-0.05, 0) is 48.9 Å². The number of nitrogens with zero attached hydrogens (tertiary/aromatic N) is 3. The summed E-state index contributed by atoms with van der Waals surface area (Å²) in [6, 6.07) is 19.8. The lowest BCUT2D eigenvalue weighted by Crippen LogP contribution is -2.42. The highest BCUT2D eigenvalue weighted by Crippen LogP contribution is 2.26. The van der Waals surface area contributed by atoms with Gasteiger partial charge >= 0.3 is 0 Å². The molecule has 0 unspecified atom stereocenters. The number of benzene rings is 2. The predicted molar refractivity (Wildman–Crippen MR) is 133 cm³/mol. The van der Waals surface area contributed by atoms with E-state index in [-0.39, 0.29) is 17.4 Å². The van der Waals surface area contributed by atoms with E-state index in [1.165, 1.54) is 16.9 Å². The molecule has 1 N–H and O–H groups in total. The molecular weight excluding hydrogens is 432 g/mol. The van der Waals surface area contributed by atoms with Crippen LogP contribution in [0, 0.1) is 12.8 Å². The van der Waals surface area contributed by atoms with Crippen molar-refractivity contribution in [1.29, 1.82) is 0 Å². The molecule has 168 valence electrons. The first kappa shape index (κ1) is 21.4. The minimum Gasteiger partial charge on any atom is -0.352 e. The number of hydrogen-bond donors (Lipinski definition) is 1. The number of anilines is 1. The fraction of sp³-hybridized carbons (Fsp3) is 0.269. The van der Waals surface area contributed by atoms with Gasteiger partial charge in [-0.25, -0.2) is 9.55 Å². The molecule has 0 radical (unpaired) electrons. The van der Waals surface area contributed by atoms with Crippen LogP contribution in [0.1, 0.15) is 24.0 Å². The molecule has 0 aliphatic carbocycles. The second-order valence-electron chi connectivity index (χ2n) is 8.49. The van der Waals surface area contributed by atoms with Crippen molar-refractivity contribution in [2.75, 3.05) is 18.0 Å². The van der Waals surface area contributed by atoms with Crippen LogP contribution in [0.2, 0.25) is 0 Å². The molecular formula is C26H26N4O2S. The Bertz CT molecular complexity index is 1320. The van der Waals surface area contributed by atoms with Gasteiger partial charge in [0.2, 0.25) is 11.9 Å². The van der Waals surface area contributed by atoms with E-state index in [0.717, 1.165) is 29.6 Å². The summed E-state index contributed by atoms with van der Waals surface area (Å²) in [5.41, 5.74) is 3.80. The fourth-order valence-electron chi connectivity index (χ4n) is 4.30. The van der Waals surface area contributed by atoms with Gasteiger partial charge in [0.25, 0.3) is 5.56 Å². The molecule has 5 rings (SSSR count). The van der Waals surface area contributed by atoms with Gasteiger partial charge < -0.3 is 10.2 Å². The summed E-state index contributed by atoms with van der Waals surface area (Å²) < 4.78 is 2.37. The molecule has 7 heteroatoms. The zero-order chi connectivity index (χ0) is 22.8. The van der Waals surface area contributed by atoms with Crippen LogP contribution in [0.25, 0.3) is 15.9 Å². The van der Waals surface area contributed by atoms with Crippen LogP contribution in [0.4, 0.5) is 5.95 Å². The summed E-state index contributed by atoms with van der Waals surface area (Å²) >= 11 is 1.42. The number of aromatic nitrogens is 2. The molecule has 1 amide bonds. The van der Waals surface area contributed by atoms with Gasteiger partial charge in [0, 0.05) is 25.6 Å². The number of carbonyl (C=O) groups is 1. The van der Waals surface area contributed by atoms with Crippen LogP contribution < -0.4 is 15.8 Å². The number of aryl methyl sites for hydroxylation is 1. The molecule has 0 bridgehead atoms. The van der Waals surface area contributed by atoms with Crippen molar-refractivity contribution in [2.45, 2.75) is 26.3 Å². The molecule has 1 fully saturated rings. The first-order valence-corrected chi connectivity index (χ1v) is 12.1. The maximum atomic E-state index is 13.3. The lowest BCUT2D eigenvalue weighted by atomic mass is 9.96. The van der Waals surface area contributed by atoms with Gasteiger partial charge in [0.15, 0.2) is 0 Å². The predicted octanol–water partition coefficient (Wildman–Crippen LogP) is 4.29. The molecule has 1 aliphatic rings. The third-order valence-electron chi connectivity index (χ3n) is 6.21. The molecule has 1 aliphatic heterocycles. The number of carbonyl (C=O) groups excluding carboxylic acids is 1. The van der Waals surface area contributed by atoms with Gasteiger partial charge in [-0.2, -0.15) is 0 Å². The minimum atomic E-state index is -0.0471. The zero-order valence-corrected chi connectivity index (χ0v) is 19.3. The van der Waals surface area contributed by atoms with Gasteiger partial charge in [-0.1, -0.05) is 48.0 Å². The van der Waals surface area contributed by atoms with E-state index in [1.807, 2.05) is 53.9 Å². The third kappa shape index (κ3) is 4.41. The van der Waals surface area contributed by atoms with Crippen molar-refractivity contribution < 1.29 is 4.79 Å². The lowest BCUT2D eigenvalue weighted by Gasteiger charge is -2.33. The van der Waals surface area contributed by atoms with E-state index < -0.39 is 0 Å².